The van der Waals surface area contributed by atoms with Gasteiger partial charge in [-0.25, -0.2) is 0 Å². The Morgan fingerprint density at radius 3 is 2.74 bits per heavy atom. The van der Waals surface area contributed by atoms with Gasteiger partial charge in [-0.3, -0.25) is 4.79 Å². The minimum absolute atomic E-state index is 0.0756. The number of amides is 1. The zero-order chi connectivity index (χ0) is 17.3. The summed E-state index contributed by atoms with van der Waals surface area (Å²) in [5.74, 6) is -0.639. The lowest BCUT2D eigenvalue weighted by Crippen LogP contribution is -2.50. The molecule has 1 atom stereocenters. The molecule has 5 nitrogen and oxygen atoms in total. The number of halogens is 3. The second kappa shape index (κ2) is 6.08. The van der Waals surface area contributed by atoms with Gasteiger partial charge in [0.1, 0.15) is 0 Å². The Bertz CT molecular complexity index is 654. The van der Waals surface area contributed by atoms with Crippen molar-refractivity contribution in [3.63, 3.8) is 0 Å². The first-order chi connectivity index (χ1) is 10.6. The smallest absolute Gasteiger partial charge is 0.388 e. The van der Waals surface area contributed by atoms with Crippen molar-refractivity contribution in [2.24, 2.45) is 5.73 Å². The van der Waals surface area contributed by atoms with Crippen LogP contribution in [0.2, 0.25) is 0 Å². The van der Waals surface area contributed by atoms with Gasteiger partial charge in [0.15, 0.2) is 0 Å². The number of anilines is 1. The van der Waals surface area contributed by atoms with Gasteiger partial charge in [0.25, 0.3) is 0 Å². The van der Waals surface area contributed by atoms with Gasteiger partial charge in [-0.15, -0.1) is 0 Å². The molecule has 0 spiro atoms. The van der Waals surface area contributed by atoms with Crippen LogP contribution < -0.4 is 10.6 Å². The zero-order valence-electron chi connectivity index (χ0n) is 12.2. The quantitative estimate of drug-likeness (QED) is 0.885. The van der Waals surface area contributed by atoms with E-state index in [0.29, 0.717) is 25.1 Å². The van der Waals surface area contributed by atoms with Gasteiger partial charge in [-0.05, 0) is 31.0 Å². The Kier molecular flexibility index (Phi) is 4.52. The number of hydrogen-bond donors (Lipinski definition) is 2. The zero-order valence-corrected chi connectivity index (χ0v) is 12.2. The average molecular weight is 327 g/mol. The molecule has 2 rings (SSSR count). The van der Waals surface area contributed by atoms with E-state index in [4.69, 9.17) is 11.0 Å². The molecule has 0 saturated carbocycles. The number of nitriles is 1. The lowest BCUT2D eigenvalue weighted by Gasteiger charge is -2.40. The summed E-state index contributed by atoms with van der Waals surface area (Å²) in [6.45, 7) is 0.587. The number of nitrogens with zero attached hydrogens (tertiary/aromatic N) is 2. The predicted molar refractivity (Wildman–Crippen MR) is 76.4 cm³/mol. The van der Waals surface area contributed by atoms with Crippen LogP contribution in [0, 0.1) is 11.3 Å². The standard InChI is InChI=1S/C15H16F3N3O2/c16-15(17,18)12-3-2-11(6-10(12)8-19)21-5-1-4-14(23,9-21)7-13(20)22/h2-3,6,23H,1,4-5,7,9H2,(H2,20,22). The molecule has 1 amide bonds. The molecule has 8 heteroatoms. The molecule has 1 aromatic carbocycles. The molecule has 1 unspecified atom stereocenters. The van der Waals surface area contributed by atoms with Crippen LogP contribution in [-0.2, 0) is 11.0 Å². The highest BCUT2D eigenvalue weighted by Crippen LogP contribution is 2.35. The molecule has 0 radical (unpaired) electrons. The van der Waals surface area contributed by atoms with Gasteiger partial charge < -0.3 is 15.7 Å². The van der Waals surface area contributed by atoms with Crippen LogP contribution in [0.4, 0.5) is 18.9 Å². The minimum atomic E-state index is -4.60. The van der Waals surface area contributed by atoms with Crippen molar-refractivity contribution in [1.29, 1.82) is 5.26 Å². The van der Waals surface area contributed by atoms with Gasteiger partial charge in [0, 0.05) is 18.8 Å². The number of piperidine rings is 1. The number of alkyl halides is 3. The number of rotatable bonds is 3. The van der Waals surface area contributed by atoms with E-state index in [1.807, 2.05) is 0 Å². The predicted octanol–water partition coefficient (Wildman–Crippen LogP) is 1.78. The molecule has 1 heterocycles. The maximum atomic E-state index is 12.8. The van der Waals surface area contributed by atoms with E-state index in [1.165, 1.54) is 6.07 Å². The van der Waals surface area contributed by atoms with E-state index in [1.54, 1.807) is 11.0 Å². The summed E-state index contributed by atoms with van der Waals surface area (Å²) < 4.78 is 38.5. The van der Waals surface area contributed by atoms with E-state index in [-0.39, 0.29) is 13.0 Å². The lowest BCUT2D eigenvalue weighted by atomic mass is 9.89. The van der Waals surface area contributed by atoms with E-state index < -0.39 is 28.8 Å². The van der Waals surface area contributed by atoms with Crippen LogP contribution in [0.25, 0.3) is 0 Å². The SMILES string of the molecule is N#Cc1cc(N2CCCC(O)(CC(N)=O)C2)ccc1C(F)(F)F. The third-order valence-corrected chi connectivity index (χ3v) is 3.85. The van der Waals surface area contributed by atoms with E-state index >= 15 is 0 Å². The first-order valence-corrected chi connectivity index (χ1v) is 7.02. The van der Waals surface area contributed by atoms with E-state index in [2.05, 4.69) is 0 Å². The summed E-state index contributed by atoms with van der Waals surface area (Å²) in [6, 6.07) is 4.82. The number of primary amides is 1. The Labute approximate surface area is 131 Å². The Balaban J connectivity index is 2.28. The maximum Gasteiger partial charge on any atom is 0.417 e. The van der Waals surface area contributed by atoms with Crippen molar-refractivity contribution < 1.29 is 23.1 Å². The second-order valence-electron chi connectivity index (χ2n) is 5.73. The molecule has 1 aliphatic rings. The number of hydrogen-bond acceptors (Lipinski definition) is 4. The lowest BCUT2D eigenvalue weighted by molar-refractivity contribution is -0.137. The summed E-state index contributed by atoms with van der Waals surface area (Å²) in [5, 5.41) is 19.3. The monoisotopic (exact) mass is 327 g/mol. The maximum absolute atomic E-state index is 12.8. The molecule has 124 valence electrons. The highest BCUT2D eigenvalue weighted by atomic mass is 19.4. The van der Waals surface area contributed by atoms with Crippen LogP contribution in [0.3, 0.4) is 0 Å². The largest absolute Gasteiger partial charge is 0.417 e. The summed E-state index contributed by atoms with van der Waals surface area (Å²) in [5.41, 5.74) is 2.75. The third-order valence-electron chi connectivity index (χ3n) is 3.85. The van der Waals surface area contributed by atoms with Crippen molar-refractivity contribution >= 4 is 11.6 Å². The molecule has 1 fully saturated rings. The Morgan fingerprint density at radius 2 is 2.17 bits per heavy atom. The molecular formula is C15H16F3N3O2. The molecular weight excluding hydrogens is 311 g/mol. The normalized spacial score (nSPS) is 21.8. The fourth-order valence-electron chi connectivity index (χ4n) is 2.87. The highest BCUT2D eigenvalue weighted by Gasteiger charge is 2.36. The number of β-amino-alcohol motifs (C(OH)–C–C–N with tert-alkyl or cyclic N) is 1. The summed E-state index contributed by atoms with van der Waals surface area (Å²) in [4.78, 5) is 12.7. The third kappa shape index (κ3) is 3.93. The molecule has 0 aliphatic carbocycles. The number of carbonyl (C=O) groups is 1. The van der Waals surface area contributed by atoms with Crippen LogP contribution in [-0.4, -0.2) is 29.7 Å². The number of aliphatic hydroxyl groups is 1. The van der Waals surface area contributed by atoms with Crippen molar-refractivity contribution in [2.75, 3.05) is 18.0 Å². The molecule has 3 N–H and O–H groups in total. The van der Waals surface area contributed by atoms with Crippen LogP contribution >= 0.6 is 0 Å². The summed E-state index contributed by atoms with van der Waals surface area (Å²) in [6.07, 6.45) is -3.86. The highest BCUT2D eigenvalue weighted by molar-refractivity contribution is 5.75. The second-order valence-corrected chi connectivity index (χ2v) is 5.73. The topological polar surface area (TPSA) is 90.3 Å². The van der Waals surface area contributed by atoms with Crippen molar-refractivity contribution in [1.82, 2.24) is 0 Å². The fourth-order valence-corrected chi connectivity index (χ4v) is 2.87. The first-order valence-electron chi connectivity index (χ1n) is 7.02. The first kappa shape index (κ1) is 17.1. The number of nitrogens with two attached hydrogens (primary N) is 1. The number of benzene rings is 1. The van der Waals surface area contributed by atoms with Gasteiger partial charge in [0.2, 0.25) is 5.91 Å². The molecule has 0 bridgehead atoms. The fraction of sp³-hybridized carbons (Fsp3) is 0.467. The Morgan fingerprint density at radius 1 is 1.48 bits per heavy atom. The van der Waals surface area contributed by atoms with E-state index in [9.17, 15) is 23.1 Å². The summed E-state index contributed by atoms with van der Waals surface area (Å²) in [7, 11) is 0. The molecule has 0 aromatic heterocycles. The van der Waals surface area contributed by atoms with Crippen molar-refractivity contribution in [3.8, 4) is 6.07 Å². The average Bonchev–Trinajstić information content (AvgIpc) is 2.44. The van der Waals surface area contributed by atoms with Crippen LogP contribution in [0.1, 0.15) is 30.4 Å². The summed E-state index contributed by atoms with van der Waals surface area (Å²) >= 11 is 0. The van der Waals surface area contributed by atoms with E-state index in [0.717, 1.165) is 12.1 Å². The van der Waals surface area contributed by atoms with Crippen molar-refractivity contribution in [2.45, 2.75) is 31.0 Å². The number of carbonyl (C=O) groups excluding carboxylic acids is 1. The van der Waals surface area contributed by atoms with Crippen molar-refractivity contribution in [3.05, 3.63) is 29.3 Å². The molecule has 1 saturated heterocycles. The van der Waals surface area contributed by atoms with Gasteiger partial charge in [-0.2, -0.15) is 18.4 Å². The van der Waals surface area contributed by atoms with Gasteiger partial charge in [0.05, 0.1) is 29.2 Å². The molecule has 23 heavy (non-hydrogen) atoms. The minimum Gasteiger partial charge on any atom is -0.388 e. The van der Waals surface area contributed by atoms with Gasteiger partial charge >= 0.3 is 6.18 Å². The van der Waals surface area contributed by atoms with Gasteiger partial charge in [-0.1, -0.05) is 0 Å². The van der Waals surface area contributed by atoms with Crippen LogP contribution in [0.15, 0.2) is 18.2 Å². The Hall–Kier alpha value is -2.27. The van der Waals surface area contributed by atoms with Crippen LogP contribution in [0.5, 0.6) is 0 Å². The molecule has 1 aromatic rings. The molecule has 1 aliphatic heterocycles.